The first-order valence-corrected chi connectivity index (χ1v) is 10.0. The predicted octanol–water partition coefficient (Wildman–Crippen LogP) is 3.46. The molecule has 0 atom stereocenters. The number of fused-ring (bicyclic) bond motifs is 2. The molecule has 5 nitrogen and oxygen atoms in total. The Kier molecular flexibility index (Phi) is 4.12. The number of amides is 1. The van der Waals surface area contributed by atoms with Gasteiger partial charge in [0.05, 0.1) is 27.2 Å². The Labute approximate surface area is 156 Å². The standard InChI is InChI=1S/C21H16N2O3S/c22-21(24)19-15-9-4-5-11-17(15)23-20-16(19)10-6-12-18(20)27(25,26)13-14-7-2-1-3-8-14/h1-12H,13H2,(H2,22,24). The summed E-state index contributed by atoms with van der Waals surface area (Å²) in [4.78, 5) is 16.8. The van der Waals surface area contributed by atoms with Crippen molar-refractivity contribution >= 4 is 37.6 Å². The molecule has 1 amide bonds. The minimum atomic E-state index is -3.67. The number of nitrogens with two attached hydrogens (primary N) is 1. The second kappa shape index (κ2) is 6.48. The molecule has 0 saturated heterocycles. The van der Waals surface area contributed by atoms with Crippen LogP contribution in [-0.2, 0) is 15.6 Å². The Morgan fingerprint density at radius 1 is 0.852 bits per heavy atom. The molecule has 0 saturated carbocycles. The predicted molar refractivity (Wildman–Crippen MR) is 105 cm³/mol. The van der Waals surface area contributed by atoms with Gasteiger partial charge in [-0.15, -0.1) is 0 Å². The third-order valence-electron chi connectivity index (χ3n) is 4.45. The van der Waals surface area contributed by atoms with Gasteiger partial charge in [-0.3, -0.25) is 4.79 Å². The second-order valence-corrected chi connectivity index (χ2v) is 8.22. The lowest BCUT2D eigenvalue weighted by atomic mass is 10.0. The van der Waals surface area contributed by atoms with Gasteiger partial charge in [0.2, 0.25) is 5.91 Å². The number of pyridine rings is 1. The van der Waals surface area contributed by atoms with Crippen LogP contribution in [0.25, 0.3) is 21.8 Å². The molecular formula is C21H16N2O3S. The number of aromatic nitrogens is 1. The summed E-state index contributed by atoms with van der Waals surface area (Å²) in [6, 6.07) is 20.8. The molecule has 4 aromatic rings. The summed E-state index contributed by atoms with van der Waals surface area (Å²) in [5.74, 6) is -0.760. The van der Waals surface area contributed by atoms with Gasteiger partial charge in [-0.25, -0.2) is 13.4 Å². The summed E-state index contributed by atoms with van der Waals surface area (Å²) >= 11 is 0. The van der Waals surface area contributed by atoms with E-state index in [4.69, 9.17) is 5.73 Å². The summed E-state index contributed by atoms with van der Waals surface area (Å²) in [5.41, 5.74) is 7.38. The van der Waals surface area contributed by atoms with Crippen molar-refractivity contribution in [2.24, 2.45) is 5.73 Å². The molecule has 0 unspecified atom stereocenters. The number of rotatable bonds is 4. The van der Waals surface area contributed by atoms with Crippen molar-refractivity contribution in [1.29, 1.82) is 0 Å². The number of primary amides is 1. The molecule has 4 rings (SSSR count). The van der Waals surface area contributed by atoms with Crippen molar-refractivity contribution < 1.29 is 13.2 Å². The van der Waals surface area contributed by atoms with E-state index in [1.807, 2.05) is 6.07 Å². The van der Waals surface area contributed by atoms with Crippen molar-refractivity contribution in [1.82, 2.24) is 4.98 Å². The molecule has 0 radical (unpaired) electrons. The number of hydrogen-bond acceptors (Lipinski definition) is 4. The Morgan fingerprint density at radius 2 is 1.52 bits per heavy atom. The van der Waals surface area contributed by atoms with Crippen LogP contribution in [0.3, 0.4) is 0 Å². The average Bonchev–Trinajstić information content (AvgIpc) is 2.65. The fourth-order valence-corrected chi connectivity index (χ4v) is 4.80. The molecule has 0 aliphatic carbocycles. The number of para-hydroxylation sites is 2. The first-order valence-electron chi connectivity index (χ1n) is 8.35. The van der Waals surface area contributed by atoms with Crippen LogP contribution in [0.1, 0.15) is 15.9 Å². The van der Waals surface area contributed by atoms with Gasteiger partial charge in [-0.2, -0.15) is 0 Å². The highest BCUT2D eigenvalue weighted by Gasteiger charge is 2.22. The highest BCUT2D eigenvalue weighted by molar-refractivity contribution is 7.90. The van der Waals surface area contributed by atoms with Gasteiger partial charge in [0, 0.05) is 10.8 Å². The maximum Gasteiger partial charge on any atom is 0.250 e. The molecule has 0 spiro atoms. The van der Waals surface area contributed by atoms with Crippen molar-refractivity contribution in [3.63, 3.8) is 0 Å². The van der Waals surface area contributed by atoms with Gasteiger partial charge in [0.25, 0.3) is 0 Å². The molecule has 0 bridgehead atoms. The lowest BCUT2D eigenvalue weighted by Gasteiger charge is -2.12. The second-order valence-electron chi connectivity index (χ2n) is 6.27. The summed E-state index contributed by atoms with van der Waals surface area (Å²) < 4.78 is 26.2. The maximum atomic E-state index is 13.1. The minimum absolute atomic E-state index is 0.0945. The zero-order chi connectivity index (χ0) is 19.0. The Hall–Kier alpha value is -3.25. The maximum absolute atomic E-state index is 13.1. The van der Waals surface area contributed by atoms with Crippen LogP contribution >= 0.6 is 0 Å². The normalized spacial score (nSPS) is 11.7. The highest BCUT2D eigenvalue weighted by atomic mass is 32.2. The fraction of sp³-hybridized carbons (Fsp3) is 0.0476. The first kappa shape index (κ1) is 17.2. The molecule has 6 heteroatoms. The quantitative estimate of drug-likeness (QED) is 0.552. The van der Waals surface area contributed by atoms with Gasteiger partial charge >= 0.3 is 0 Å². The van der Waals surface area contributed by atoms with Crippen molar-refractivity contribution in [3.8, 4) is 0 Å². The lowest BCUT2D eigenvalue weighted by Crippen LogP contribution is -2.14. The van der Waals surface area contributed by atoms with Crippen LogP contribution < -0.4 is 5.73 Å². The summed E-state index contributed by atoms with van der Waals surface area (Å²) in [5, 5.41) is 1.05. The third kappa shape index (κ3) is 3.04. The molecule has 0 fully saturated rings. The van der Waals surface area contributed by atoms with E-state index in [0.717, 1.165) is 0 Å². The molecule has 0 aliphatic heterocycles. The van der Waals surface area contributed by atoms with E-state index in [2.05, 4.69) is 4.98 Å². The van der Waals surface area contributed by atoms with E-state index in [9.17, 15) is 13.2 Å². The van der Waals surface area contributed by atoms with Gasteiger partial charge in [0.15, 0.2) is 9.84 Å². The zero-order valence-corrected chi connectivity index (χ0v) is 15.1. The summed E-state index contributed by atoms with van der Waals surface area (Å²) in [6.07, 6.45) is 0. The van der Waals surface area contributed by atoms with Crippen molar-refractivity contribution in [2.75, 3.05) is 0 Å². The monoisotopic (exact) mass is 376 g/mol. The van der Waals surface area contributed by atoms with E-state index in [1.54, 1.807) is 60.7 Å². The number of carbonyl (C=O) groups excluding carboxylic acids is 1. The van der Waals surface area contributed by atoms with E-state index in [0.29, 0.717) is 21.9 Å². The zero-order valence-electron chi connectivity index (χ0n) is 14.3. The molecular weight excluding hydrogens is 360 g/mol. The SMILES string of the molecule is NC(=O)c1c2ccccc2nc2c(S(=O)(=O)Cc3ccccc3)cccc12. The summed E-state index contributed by atoms with van der Waals surface area (Å²) in [6.45, 7) is 0. The van der Waals surface area contributed by atoms with E-state index < -0.39 is 15.7 Å². The summed E-state index contributed by atoms with van der Waals surface area (Å²) in [7, 11) is -3.67. The van der Waals surface area contributed by atoms with Crippen LogP contribution in [0.4, 0.5) is 0 Å². The molecule has 1 aromatic heterocycles. The van der Waals surface area contributed by atoms with E-state index >= 15 is 0 Å². The van der Waals surface area contributed by atoms with E-state index in [1.165, 1.54) is 6.07 Å². The van der Waals surface area contributed by atoms with Crippen LogP contribution in [0.2, 0.25) is 0 Å². The Balaban J connectivity index is 2.01. The van der Waals surface area contributed by atoms with Crippen LogP contribution in [0.5, 0.6) is 0 Å². The number of carbonyl (C=O) groups is 1. The van der Waals surface area contributed by atoms with Crippen LogP contribution in [0.15, 0.2) is 77.7 Å². The van der Waals surface area contributed by atoms with Crippen molar-refractivity contribution in [3.05, 3.63) is 83.9 Å². The van der Waals surface area contributed by atoms with Crippen LogP contribution in [0, 0.1) is 0 Å². The number of nitrogens with zero attached hydrogens (tertiary/aromatic N) is 1. The van der Waals surface area contributed by atoms with Crippen LogP contribution in [-0.4, -0.2) is 19.3 Å². The Morgan fingerprint density at radius 3 is 2.26 bits per heavy atom. The minimum Gasteiger partial charge on any atom is -0.366 e. The van der Waals surface area contributed by atoms with Gasteiger partial charge in [-0.1, -0.05) is 60.7 Å². The molecule has 2 N–H and O–H groups in total. The highest BCUT2D eigenvalue weighted by Crippen LogP contribution is 2.31. The fourth-order valence-electron chi connectivity index (χ4n) is 3.28. The topological polar surface area (TPSA) is 90.1 Å². The number of benzene rings is 3. The third-order valence-corrected chi connectivity index (χ3v) is 6.17. The molecule has 27 heavy (non-hydrogen) atoms. The van der Waals surface area contributed by atoms with Gasteiger partial charge in [-0.05, 0) is 17.7 Å². The number of sulfone groups is 1. The lowest BCUT2D eigenvalue weighted by molar-refractivity contribution is 0.100. The first-order chi connectivity index (χ1) is 13.0. The van der Waals surface area contributed by atoms with Gasteiger partial charge in [0.1, 0.15) is 0 Å². The largest absolute Gasteiger partial charge is 0.366 e. The van der Waals surface area contributed by atoms with Gasteiger partial charge < -0.3 is 5.73 Å². The van der Waals surface area contributed by atoms with E-state index in [-0.39, 0.29) is 21.7 Å². The average molecular weight is 376 g/mol. The Bertz CT molecular complexity index is 1280. The number of hydrogen-bond donors (Lipinski definition) is 1. The molecule has 1 heterocycles. The molecule has 0 aliphatic rings. The van der Waals surface area contributed by atoms with Crippen molar-refractivity contribution in [2.45, 2.75) is 10.6 Å². The molecule has 134 valence electrons. The smallest absolute Gasteiger partial charge is 0.250 e. The molecule has 3 aromatic carbocycles.